The molecule has 0 bridgehead atoms. The van der Waals surface area contributed by atoms with Gasteiger partial charge < -0.3 is 20.1 Å². The summed E-state index contributed by atoms with van der Waals surface area (Å²) in [7, 11) is 0. The van der Waals surface area contributed by atoms with Gasteiger partial charge in [-0.05, 0) is 37.1 Å². The van der Waals surface area contributed by atoms with Gasteiger partial charge in [-0.1, -0.05) is 6.07 Å². The number of aromatic nitrogens is 2. The predicted octanol–water partition coefficient (Wildman–Crippen LogP) is 1.67. The Morgan fingerprint density at radius 1 is 1.19 bits per heavy atom. The van der Waals surface area contributed by atoms with Crippen LogP contribution in [0.4, 0.5) is 5.82 Å². The smallest absolute Gasteiger partial charge is 0.252 e. The summed E-state index contributed by atoms with van der Waals surface area (Å²) < 4.78 is 10.9. The van der Waals surface area contributed by atoms with Crippen molar-refractivity contribution in [3.8, 4) is 0 Å². The minimum atomic E-state index is -0.117. The Hall–Kier alpha value is -2.51. The minimum Gasteiger partial charge on any atom is -0.376 e. The van der Waals surface area contributed by atoms with Gasteiger partial charge in [0.15, 0.2) is 0 Å². The number of rotatable bonds is 8. The van der Waals surface area contributed by atoms with Crippen LogP contribution in [-0.2, 0) is 15.9 Å². The van der Waals surface area contributed by atoms with Gasteiger partial charge in [0, 0.05) is 31.2 Å². The maximum atomic E-state index is 12.1. The number of ether oxygens (including phenoxy) is 2. The number of carbonyl (C=O) groups is 1. The molecular weight excluding hydrogens is 332 g/mol. The second kappa shape index (κ2) is 9.84. The lowest BCUT2D eigenvalue weighted by Crippen LogP contribution is -2.34. The van der Waals surface area contributed by atoms with Gasteiger partial charge in [0.1, 0.15) is 5.82 Å². The zero-order chi connectivity index (χ0) is 18.0. The van der Waals surface area contributed by atoms with Crippen LogP contribution in [0, 0.1) is 0 Å². The molecule has 7 heteroatoms. The van der Waals surface area contributed by atoms with Gasteiger partial charge in [0.05, 0.1) is 31.5 Å². The van der Waals surface area contributed by atoms with Crippen LogP contribution in [-0.4, -0.2) is 54.9 Å². The molecule has 0 spiro atoms. The highest BCUT2D eigenvalue weighted by Gasteiger charge is 2.14. The molecular formula is C19H24N4O3. The third-order valence-corrected chi connectivity index (χ3v) is 4.04. The Labute approximate surface area is 153 Å². The molecule has 2 N–H and O–H groups in total. The normalized spacial score (nSPS) is 16.8. The number of carbonyl (C=O) groups excluding carboxylic acids is 1. The van der Waals surface area contributed by atoms with Crippen molar-refractivity contribution in [2.24, 2.45) is 0 Å². The summed E-state index contributed by atoms with van der Waals surface area (Å²) in [6.45, 7) is 3.10. The Morgan fingerprint density at radius 3 is 2.88 bits per heavy atom. The summed E-state index contributed by atoms with van der Waals surface area (Å²) >= 11 is 0. The zero-order valence-corrected chi connectivity index (χ0v) is 14.7. The molecule has 1 aliphatic heterocycles. The number of anilines is 1. The van der Waals surface area contributed by atoms with E-state index in [0.717, 1.165) is 18.5 Å². The molecule has 1 amide bonds. The van der Waals surface area contributed by atoms with Gasteiger partial charge in [0.25, 0.3) is 5.91 Å². The number of hydrogen-bond acceptors (Lipinski definition) is 6. The standard InChI is InChI=1S/C19H24N4O3/c24-19(21-9-3-5-16-4-1-2-8-20-16)15-6-7-18(22-12-15)23-13-17-14-25-10-11-26-17/h1-2,4,6-8,12,17H,3,5,9-11,13-14H2,(H,21,24)(H,22,23). The van der Waals surface area contributed by atoms with E-state index in [1.165, 1.54) is 0 Å². The lowest BCUT2D eigenvalue weighted by molar-refractivity contribution is -0.0819. The molecule has 1 unspecified atom stereocenters. The van der Waals surface area contributed by atoms with Crippen molar-refractivity contribution in [1.29, 1.82) is 0 Å². The quantitative estimate of drug-likeness (QED) is 0.700. The van der Waals surface area contributed by atoms with E-state index >= 15 is 0 Å². The van der Waals surface area contributed by atoms with Crippen molar-refractivity contribution in [3.63, 3.8) is 0 Å². The van der Waals surface area contributed by atoms with Crippen LogP contribution in [0.2, 0.25) is 0 Å². The number of aryl methyl sites for hydroxylation is 1. The molecule has 0 radical (unpaired) electrons. The molecule has 1 atom stereocenters. The fourth-order valence-electron chi connectivity index (χ4n) is 2.63. The van der Waals surface area contributed by atoms with E-state index < -0.39 is 0 Å². The van der Waals surface area contributed by atoms with E-state index in [0.29, 0.717) is 44.3 Å². The highest BCUT2D eigenvalue weighted by molar-refractivity contribution is 5.94. The molecule has 0 aliphatic carbocycles. The Kier molecular flexibility index (Phi) is 6.92. The van der Waals surface area contributed by atoms with Crippen LogP contribution in [0.5, 0.6) is 0 Å². The molecule has 1 aliphatic rings. The summed E-state index contributed by atoms with van der Waals surface area (Å²) in [5, 5.41) is 6.10. The maximum absolute atomic E-state index is 12.1. The van der Waals surface area contributed by atoms with Crippen LogP contribution in [0.25, 0.3) is 0 Å². The number of amides is 1. The summed E-state index contributed by atoms with van der Waals surface area (Å²) in [5.74, 6) is 0.597. The van der Waals surface area contributed by atoms with Gasteiger partial charge in [-0.25, -0.2) is 4.98 Å². The van der Waals surface area contributed by atoms with Crippen molar-refractivity contribution >= 4 is 11.7 Å². The van der Waals surface area contributed by atoms with E-state index in [-0.39, 0.29) is 12.0 Å². The Balaban J connectivity index is 1.37. The van der Waals surface area contributed by atoms with E-state index in [9.17, 15) is 4.79 Å². The molecule has 3 rings (SSSR count). The summed E-state index contributed by atoms with van der Waals surface area (Å²) in [4.78, 5) is 20.7. The van der Waals surface area contributed by atoms with Gasteiger partial charge in [-0.2, -0.15) is 0 Å². The molecule has 138 valence electrons. The second-order valence-electron chi connectivity index (χ2n) is 6.06. The van der Waals surface area contributed by atoms with Crippen LogP contribution in [0.1, 0.15) is 22.5 Å². The molecule has 3 heterocycles. The average molecular weight is 356 g/mol. The van der Waals surface area contributed by atoms with E-state index in [4.69, 9.17) is 9.47 Å². The van der Waals surface area contributed by atoms with Crippen LogP contribution < -0.4 is 10.6 Å². The molecule has 26 heavy (non-hydrogen) atoms. The van der Waals surface area contributed by atoms with Crippen molar-refractivity contribution in [3.05, 3.63) is 54.0 Å². The highest BCUT2D eigenvalue weighted by atomic mass is 16.6. The van der Waals surface area contributed by atoms with Gasteiger partial charge >= 0.3 is 0 Å². The van der Waals surface area contributed by atoms with Gasteiger partial charge in [0.2, 0.25) is 0 Å². The predicted molar refractivity (Wildman–Crippen MR) is 98.2 cm³/mol. The first kappa shape index (κ1) is 18.3. The number of nitrogens with one attached hydrogen (secondary N) is 2. The van der Waals surface area contributed by atoms with E-state index in [1.54, 1.807) is 24.5 Å². The van der Waals surface area contributed by atoms with Crippen LogP contribution in [0.3, 0.4) is 0 Å². The molecule has 2 aromatic heterocycles. The Morgan fingerprint density at radius 2 is 2.15 bits per heavy atom. The highest BCUT2D eigenvalue weighted by Crippen LogP contribution is 2.07. The Bertz CT molecular complexity index is 673. The van der Waals surface area contributed by atoms with Crippen molar-refractivity contribution < 1.29 is 14.3 Å². The lowest BCUT2D eigenvalue weighted by atomic mass is 10.2. The third-order valence-electron chi connectivity index (χ3n) is 4.04. The first-order valence-electron chi connectivity index (χ1n) is 8.88. The summed E-state index contributed by atoms with van der Waals surface area (Å²) in [6, 6.07) is 9.42. The van der Waals surface area contributed by atoms with Crippen LogP contribution >= 0.6 is 0 Å². The molecule has 1 fully saturated rings. The average Bonchev–Trinajstić information content (AvgIpc) is 2.71. The first-order valence-corrected chi connectivity index (χ1v) is 8.88. The van der Waals surface area contributed by atoms with Gasteiger partial charge in [-0.3, -0.25) is 9.78 Å². The topological polar surface area (TPSA) is 85.4 Å². The monoisotopic (exact) mass is 356 g/mol. The first-order chi connectivity index (χ1) is 12.8. The molecule has 2 aromatic rings. The fraction of sp³-hybridized carbons (Fsp3) is 0.421. The molecule has 1 saturated heterocycles. The molecule has 0 saturated carbocycles. The van der Waals surface area contributed by atoms with Gasteiger partial charge in [-0.15, -0.1) is 0 Å². The maximum Gasteiger partial charge on any atom is 0.252 e. The van der Waals surface area contributed by atoms with E-state index in [1.807, 2.05) is 18.2 Å². The van der Waals surface area contributed by atoms with Crippen molar-refractivity contribution in [1.82, 2.24) is 15.3 Å². The zero-order valence-electron chi connectivity index (χ0n) is 14.7. The number of hydrogen-bond donors (Lipinski definition) is 2. The van der Waals surface area contributed by atoms with Crippen molar-refractivity contribution in [2.75, 3.05) is 38.2 Å². The lowest BCUT2D eigenvalue weighted by Gasteiger charge is -2.23. The number of pyridine rings is 2. The number of nitrogens with zero attached hydrogens (tertiary/aromatic N) is 2. The largest absolute Gasteiger partial charge is 0.376 e. The van der Waals surface area contributed by atoms with Crippen LogP contribution in [0.15, 0.2) is 42.7 Å². The SMILES string of the molecule is O=C(NCCCc1ccccn1)c1ccc(NCC2COCCO2)nc1. The summed E-state index contributed by atoms with van der Waals surface area (Å²) in [5.41, 5.74) is 1.58. The van der Waals surface area contributed by atoms with E-state index in [2.05, 4.69) is 20.6 Å². The second-order valence-corrected chi connectivity index (χ2v) is 6.06. The minimum absolute atomic E-state index is 0.0348. The molecule has 7 nitrogen and oxygen atoms in total. The molecule has 0 aromatic carbocycles. The van der Waals surface area contributed by atoms with Crippen molar-refractivity contribution in [2.45, 2.75) is 18.9 Å². The fourth-order valence-corrected chi connectivity index (χ4v) is 2.63. The summed E-state index contributed by atoms with van der Waals surface area (Å²) in [6.07, 6.45) is 5.08. The third kappa shape index (κ3) is 5.79.